The summed E-state index contributed by atoms with van der Waals surface area (Å²) < 4.78 is 9.26. The maximum atomic E-state index is 13.8. The molecule has 1 amide bonds. The Bertz CT molecular complexity index is 1330. The van der Waals surface area contributed by atoms with Crippen molar-refractivity contribution in [2.24, 2.45) is 0 Å². The van der Waals surface area contributed by atoms with E-state index in [2.05, 4.69) is 36.5 Å². The number of nitrogens with zero attached hydrogens (tertiary/aromatic N) is 5. The lowest BCUT2D eigenvalue weighted by Crippen LogP contribution is -2.50. The van der Waals surface area contributed by atoms with Gasteiger partial charge in [0.1, 0.15) is 23.1 Å². The minimum atomic E-state index is -0.422. The topological polar surface area (TPSA) is 74.4 Å². The van der Waals surface area contributed by atoms with E-state index in [0.29, 0.717) is 36.7 Å². The van der Waals surface area contributed by atoms with Crippen molar-refractivity contribution in [2.75, 3.05) is 13.1 Å². The predicted molar refractivity (Wildman–Crippen MR) is 129 cm³/mol. The van der Waals surface area contributed by atoms with Crippen molar-refractivity contribution in [3.8, 4) is 17.6 Å². The molecule has 34 heavy (non-hydrogen) atoms. The standard InChI is InChI=1S/C26H24BrN5O2/c27-23-5-4-22-11-20(23)15-30-9-7-26(25(30)33)6-1-8-32(26)16-21-13-29-17-31(21)14-18-2-3-19(12-28)24(10-18)34-22/h2-5,10-11,13,17H,1,6-9,14-16H2/t26-/m1/s1. The molecule has 1 atom stereocenters. The monoisotopic (exact) mass is 517 g/mol. The van der Waals surface area contributed by atoms with Gasteiger partial charge in [-0.3, -0.25) is 9.69 Å². The third kappa shape index (κ3) is 3.51. The zero-order chi connectivity index (χ0) is 23.3. The van der Waals surface area contributed by atoms with Gasteiger partial charge >= 0.3 is 0 Å². The molecule has 0 unspecified atom stereocenters. The van der Waals surface area contributed by atoms with Gasteiger partial charge in [-0.1, -0.05) is 22.0 Å². The summed E-state index contributed by atoms with van der Waals surface area (Å²) in [4.78, 5) is 22.5. The van der Waals surface area contributed by atoms with Crippen LogP contribution < -0.4 is 4.74 Å². The third-order valence-electron chi connectivity index (χ3n) is 7.38. The number of rotatable bonds is 0. The van der Waals surface area contributed by atoms with Crippen molar-refractivity contribution in [2.45, 2.75) is 44.4 Å². The van der Waals surface area contributed by atoms with Crippen LogP contribution in [0.4, 0.5) is 0 Å². The molecule has 0 N–H and O–H groups in total. The van der Waals surface area contributed by atoms with Crippen LogP contribution in [0.25, 0.3) is 0 Å². The van der Waals surface area contributed by atoms with Gasteiger partial charge in [-0.15, -0.1) is 0 Å². The lowest BCUT2D eigenvalue weighted by molar-refractivity contribution is -0.137. The van der Waals surface area contributed by atoms with Gasteiger partial charge in [0.25, 0.3) is 0 Å². The Kier molecular flexibility index (Phi) is 5.19. The molecule has 2 fully saturated rings. The molecule has 4 heterocycles. The smallest absolute Gasteiger partial charge is 0.243 e. The van der Waals surface area contributed by atoms with Crippen molar-refractivity contribution in [3.05, 3.63) is 75.8 Å². The van der Waals surface area contributed by atoms with Gasteiger partial charge in [-0.25, -0.2) is 4.98 Å². The minimum Gasteiger partial charge on any atom is -0.456 e. The van der Waals surface area contributed by atoms with Crippen LogP contribution in [-0.4, -0.2) is 43.9 Å². The molecule has 172 valence electrons. The number of imidazole rings is 1. The van der Waals surface area contributed by atoms with Gasteiger partial charge < -0.3 is 14.2 Å². The molecule has 6 rings (SSSR count). The van der Waals surface area contributed by atoms with Crippen molar-refractivity contribution >= 4 is 21.8 Å². The molecule has 3 aliphatic rings. The van der Waals surface area contributed by atoms with E-state index in [1.807, 2.05) is 53.8 Å². The van der Waals surface area contributed by atoms with Crippen LogP contribution in [-0.2, 0) is 24.4 Å². The molecule has 0 saturated carbocycles. The van der Waals surface area contributed by atoms with Gasteiger partial charge in [0.05, 0.1) is 17.6 Å². The number of benzene rings is 2. The summed E-state index contributed by atoms with van der Waals surface area (Å²) in [5, 5.41) is 9.63. The highest BCUT2D eigenvalue weighted by atomic mass is 79.9. The third-order valence-corrected chi connectivity index (χ3v) is 8.15. The molecule has 8 heteroatoms. The quantitative estimate of drug-likeness (QED) is 0.440. The lowest BCUT2D eigenvalue weighted by Gasteiger charge is -2.33. The van der Waals surface area contributed by atoms with Crippen LogP contribution in [0.15, 0.2) is 53.4 Å². The first kappa shape index (κ1) is 21.4. The van der Waals surface area contributed by atoms with Gasteiger partial charge in [0, 0.05) is 36.8 Å². The number of carbonyl (C=O) groups excluding carboxylic acids is 1. The van der Waals surface area contributed by atoms with E-state index in [9.17, 15) is 10.1 Å². The zero-order valence-electron chi connectivity index (χ0n) is 18.7. The summed E-state index contributed by atoms with van der Waals surface area (Å²) >= 11 is 3.65. The molecule has 0 aliphatic carbocycles. The first-order valence-electron chi connectivity index (χ1n) is 11.6. The van der Waals surface area contributed by atoms with Crippen molar-refractivity contribution in [1.82, 2.24) is 19.4 Å². The maximum Gasteiger partial charge on any atom is 0.243 e. The summed E-state index contributed by atoms with van der Waals surface area (Å²) in [5.74, 6) is 1.39. The van der Waals surface area contributed by atoms with E-state index in [1.54, 1.807) is 0 Å². The molecule has 1 spiro atoms. The second kappa shape index (κ2) is 8.26. The molecule has 2 aromatic carbocycles. The summed E-state index contributed by atoms with van der Waals surface area (Å²) in [6.07, 6.45) is 6.51. The van der Waals surface area contributed by atoms with Gasteiger partial charge in [0.15, 0.2) is 0 Å². The van der Waals surface area contributed by atoms with Crippen molar-refractivity contribution in [3.63, 3.8) is 0 Å². The molecule has 3 aliphatic heterocycles. The Hall–Kier alpha value is -3.15. The number of nitriles is 1. The van der Waals surface area contributed by atoms with E-state index in [-0.39, 0.29) is 5.91 Å². The maximum absolute atomic E-state index is 13.8. The highest BCUT2D eigenvalue weighted by molar-refractivity contribution is 9.10. The van der Waals surface area contributed by atoms with Crippen LogP contribution in [0, 0.1) is 11.3 Å². The van der Waals surface area contributed by atoms with Gasteiger partial charge in [-0.2, -0.15) is 5.26 Å². The van der Waals surface area contributed by atoms with E-state index >= 15 is 0 Å². The average Bonchev–Trinajstić information content (AvgIpc) is 3.53. The average molecular weight is 518 g/mol. The zero-order valence-corrected chi connectivity index (χ0v) is 20.3. The first-order valence-corrected chi connectivity index (χ1v) is 12.4. The summed E-state index contributed by atoms with van der Waals surface area (Å²) in [7, 11) is 0. The van der Waals surface area contributed by atoms with Crippen LogP contribution in [0.3, 0.4) is 0 Å². The Balaban J connectivity index is 1.47. The lowest BCUT2D eigenvalue weighted by atomic mass is 9.94. The molecule has 7 nitrogen and oxygen atoms in total. The highest BCUT2D eigenvalue weighted by Gasteiger charge is 2.53. The SMILES string of the molecule is N#Cc1ccc2cc1Oc1ccc(Br)c(c1)CN1CC[C@]3(CCCN3Cc3cncn3C2)C1=O. The second-order valence-corrected chi connectivity index (χ2v) is 10.2. The first-order chi connectivity index (χ1) is 16.6. The van der Waals surface area contributed by atoms with E-state index < -0.39 is 5.54 Å². The fraction of sp³-hybridized carbons (Fsp3) is 0.346. The predicted octanol–water partition coefficient (Wildman–Crippen LogP) is 4.44. The Morgan fingerprint density at radius 1 is 1.09 bits per heavy atom. The van der Waals surface area contributed by atoms with Crippen LogP contribution in [0.1, 0.15) is 41.6 Å². The van der Waals surface area contributed by atoms with Gasteiger partial charge in [0.2, 0.25) is 5.91 Å². The fourth-order valence-electron chi connectivity index (χ4n) is 5.59. The molecule has 0 radical (unpaired) electrons. The summed E-state index contributed by atoms with van der Waals surface area (Å²) in [5.41, 5.74) is 3.16. The summed E-state index contributed by atoms with van der Waals surface area (Å²) in [6.45, 7) is 3.49. The van der Waals surface area contributed by atoms with Crippen LogP contribution in [0.2, 0.25) is 0 Å². The number of amides is 1. The number of halogens is 1. The van der Waals surface area contributed by atoms with E-state index in [0.717, 1.165) is 53.6 Å². The molecule has 1 aromatic heterocycles. The van der Waals surface area contributed by atoms with E-state index in [1.165, 1.54) is 0 Å². The number of fused-ring (bicyclic) bond motifs is 6. The molecule has 3 aromatic rings. The number of hydrogen-bond acceptors (Lipinski definition) is 5. The number of aromatic nitrogens is 2. The van der Waals surface area contributed by atoms with Crippen LogP contribution in [0.5, 0.6) is 11.5 Å². The molecular weight excluding hydrogens is 494 g/mol. The van der Waals surface area contributed by atoms with Crippen LogP contribution >= 0.6 is 15.9 Å². The van der Waals surface area contributed by atoms with Gasteiger partial charge in [-0.05, 0) is 67.3 Å². The number of hydrogen-bond donors (Lipinski definition) is 0. The molecule has 2 saturated heterocycles. The Labute approximate surface area is 206 Å². The molecular formula is C26H24BrN5O2. The van der Waals surface area contributed by atoms with Crippen molar-refractivity contribution in [1.29, 1.82) is 5.26 Å². The Morgan fingerprint density at radius 2 is 2.00 bits per heavy atom. The largest absolute Gasteiger partial charge is 0.456 e. The summed E-state index contributed by atoms with van der Waals surface area (Å²) in [6, 6.07) is 13.7. The second-order valence-electron chi connectivity index (χ2n) is 9.34. The van der Waals surface area contributed by atoms with Crippen molar-refractivity contribution < 1.29 is 9.53 Å². The van der Waals surface area contributed by atoms with E-state index in [4.69, 9.17) is 4.74 Å². The number of ether oxygens (including phenoxy) is 1. The molecule has 6 bridgehead atoms. The fourth-order valence-corrected chi connectivity index (χ4v) is 5.96. The highest BCUT2D eigenvalue weighted by Crippen LogP contribution is 2.41. The number of carbonyl (C=O) groups is 1. The normalized spacial score (nSPS) is 22.1. The Morgan fingerprint density at radius 3 is 2.88 bits per heavy atom. The minimum absolute atomic E-state index is 0.221.